The number of methoxy groups -OCH3 is 2. The Morgan fingerprint density at radius 3 is 2.37 bits per heavy atom. The van der Waals surface area contributed by atoms with Gasteiger partial charge in [-0.3, -0.25) is 9.69 Å². The highest BCUT2D eigenvalue weighted by Gasteiger charge is 2.30. The molecule has 0 aliphatic carbocycles. The summed E-state index contributed by atoms with van der Waals surface area (Å²) in [6.07, 6.45) is 0. The molecule has 3 aromatic rings. The van der Waals surface area contributed by atoms with E-state index in [1.807, 2.05) is 60.7 Å². The van der Waals surface area contributed by atoms with Crippen molar-refractivity contribution in [2.75, 3.05) is 24.4 Å². The van der Waals surface area contributed by atoms with Crippen molar-refractivity contribution in [1.29, 1.82) is 0 Å². The average Bonchev–Trinajstić information content (AvgIpc) is 2.83. The van der Waals surface area contributed by atoms with E-state index in [1.165, 1.54) is 0 Å². The summed E-state index contributed by atoms with van der Waals surface area (Å²) >= 11 is 0. The predicted molar refractivity (Wildman–Crippen MR) is 106 cm³/mol. The fraction of sp³-hybridized carbons (Fsp3) is 0.136. The van der Waals surface area contributed by atoms with Crippen LogP contribution in [0.4, 0.5) is 17.1 Å². The number of amides is 1. The second-order valence-electron chi connectivity index (χ2n) is 6.27. The Kier molecular flexibility index (Phi) is 4.42. The average molecular weight is 360 g/mol. The van der Waals surface area contributed by atoms with Gasteiger partial charge in [-0.2, -0.15) is 0 Å². The number of carbonyl (C=O) groups excluding carboxylic acids is 1. The number of benzene rings is 3. The molecule has 0 fully saturated rings. The van der Waals surface area contributed by atoms with E-state index in [4.69, 9.17) is 9.47 Å². The van der Waals surface area contributed by atoms with E-state index in [0.29, 0.717) is 29.3 Å². The van der Waals surface area contributed by atoms with Gasteiger partial charge >= 0.3 is 0 Å². The summed E-state index contributed by atoms with van der Waals surface area (Å²) in [5.41, 5.74) is 3.87. The second-order valence-corrected chi connectivity index (χ2v) is 6.27. The van der Waals surface area contributed by atoms with Crippen LogP contribution in [0.2, 0.25) is 0 Å². The number of fused-ring (bicyclic) bond motifs is 2. The smallest absolute Gasteiger partial charge is 0.260 e. The normalized spacial score (nSPS) is 12.5. The van der Waals surface area contributed by atoms with Gasteiger partial charge in [-0.15, -0.1) is 0 Å². The van der Waals surface area contributed by atoms with Crippen LogP contribution in [0.15, 0.2) is 66.7 Å². The zero-order chi connectivity index (χ0) is 18.8. The Morgan fingerprint density at radius 1 is 0.889 bits per heavy atom. The van der Waals surface area contributed by atoms with Crippen molar-refractivity contribution in [1.82, 2.24) is 0 Å². The molecule has 5 nitrogen and oxygen atoms in total. The van der Waals surface area contributed by atoms with Crippen molar-refractivity contribution in [3.05, 3.63) is 77.9 Å². The van der Waals surface area contributed by atoms with Gasteiger partial charge in [0.25, 0.3) is 5.91 Å². The summed E-state index contributed by atoms with van der Waals surface area (Å²) in [7, 11) is 3.21. The van der Waals surface area contributed by atoms with Gasteiger partial charge < -0.3 is 14.8 Å². The molecule has 0 saturated heterocycles. The Morgan fingerprint density at radius 2 is 1.63 bits per heavy atom. The number of rotatable bonds is 4. The number of hydrogen-bond donors (Lipinski definition) is 1. The number of anilines is 3. The zero-order valence-electron chi connectivity index (χ0n) is 15.2. The van der Waals surface area contributed by atoms with Crippen LogP contribution in [0.25, 0.3) is 0 Å². The molecule has 1 N–H and O–H groups in total. The Labute approximate surface area is 158 Å². The van der Waals surface area contributed by atoms with Gasteiger partial charge in [0.1, 0.15) is 17.2 Å². The number of para-hydroxylation sites is 1. The van der Waals surface area contributed by atoms with Crippen LogP contribution in [-0.4, -0.2) is 20.1 Å². The molecule has 0 saturated carbocycles. The maximum absolute atomic E-state index is 13.4. The highest BCUT2D eigenvalue weighted by molar-refractivity contribution is 6.14. The topological polar surface area (TPSA) is 50.8 Å². The Hall–Kier alpha value is -3.47. The fourth-order valence-electron chi connectivity index (χ4n) is 3.32. The molecule has 0 radical (unpaired) electrons. The van der Waals surface area contributed by atoms with Crippen LogP contribution in [0.3, 0.4) is 0 Å². The molecule has 0 aromatic heterocycles. The van der Waals surface area contributed by atoms with Gasteiger partial charge in [-0.25, -0.2) is 0 Å². The predicted octanol–water partition coefficient (Wildman–Crippen LogP) is 4.61. The van der Waals surface area contributed by atoms with Crippen LogP contribution >= 0.6 is 0 Å². The van der Waals surface area contributed by atoms with Gasteiger partial charge in [-0.05, 0) is 17.7 Å². The summed E-state index contributed by atoms with van der Waals surface area (Å²) in [5, 5.41) is 3.38. The van der Waals surface area contributed by atoms with Crippen molar-refractivity contribution < 1.29 is 14.3 Å². The lowest BCUT2D eigenvalue weighted by Crippen LogP contribution is -2.30. The fourth-order valence-corrected chi connectivity index (χ4v) is 3.32. The van der Waals surface area contributed by atoms with Crippen molar-refractivity contribution in [2.45, 2.75) is 6.54 Å². The molecule has 1 aliphatic rings. The number of carbonyl (C=O) groups is 1. The standard InChI is InChI=1S/C22H20N2O3/c1-26-16-12-19-21(20(13-16)27-2)24(14-15-8-4-3-5-9-15)22(25)17-10-6-7-11-18(17)23-19/h3-13,23H,14H2,1-2H3. The first-order valence-electron chi connectivity index (χ1n) is 8.69. The van der Waals surface area contributed by atoms with Gasteiger partial charge in [0.2, 0.25) is 0 Å². The number of ether oxygens (including phenoxy) is 2. The van der Waals surface area contributed by atoms with Crippen LogP contribution in [0, 0.1) is 0 Å². The van der Waals surface area contributed by atoms with Gasteiger partial charge in [0.05, 0.1) is 37.7 Å². The van der Waals surface area contributed by atoms with E-state index in [1.54, 1.807) is 25.2 Å². The van der Waals surface area contributed by atoms with E-state index in [0.717, 1.165) is 16.9 Å². The summed E-state index contributed by atoms with van der Waals surface area (Å²) in [5.74, 6) is 1.16. The molecule has 136 valence electrons. The van der Waals surface area contributed by atoms with E-state index >= 15 is 0 Å². The highest BCUT2D eigenvalue weighted by atomic mass is 16.5. The Balaban J connectivity index is 1.92. The lowest BCUT2D eigenvalue weighted by molar-refractivity contribution is 0.0986. The minimum Gasteiger partial charge on any atom is -0.497 e. The SMILES string of the molecule is COc1cc2c(c(OC)c1)N(Cc1ccccc1)C(=O)c1ccccc1N2. The molecule has 0 spiro atoms. The van der Waals surface area contributed by atoms with Gasteiger partial charge in [0.15, 0.2) is 0 Å². The third-order valence-electron chi connectivity index (χ3n) is 4.63. The van der Waals surface area contributed by atoms with Crippen molar-refractivity contribution in [3.63, 3.8) is 0 Å². The van der Waals surface area contributed by atoms with Crippen molar-refractivity contribution >= 4 is 23.0 Å². The highest BCUT2D eigenvalue weighted by Crippen LogP contribution is 2.45. The first-order chi connectivity index (χ1) is 13.2. The van der Waals surface area contributed by atoms with E-state index < -0.39 is 0 Å². The monoisotopic (exact) mass is 360 g/mol. The third kappa shape index (κ3) is 3.08. The molecule has 1 amide bonds. The molecule has 1 heterocycles. The summed E-state index contributed by atoms with van der Waals surface area (Å²) in [6, 6.07) is 21.1. The molecule has 1 aliphatic heterocycles. The summed E-state index contributed by atoms with van der Waals surface area (Å²) in [4.78, 5) is 15.2. The number of nitrogens with one attached hydrogen (secondary N) is 1. The van der Waals surface area contributed by atoms with E-state index in [9.17, 15) is 4.79 Å². The number of hydrogen-bond acceptors (Lipinski definition) is 4. The van der Waals surface area contributed by atoms with Crippen LogP contribution in [0.5, 0.6) is 11.5 Å². The molecule has 0 unspecified atom stereocenters. The molecule has 27 heavy (non-hydrogen) atoms. The first kappa shape index (κ1) is 17.0. The zero-order valence-corrected chi connectivity index (χ0v) is 15.2. The molecular weight excluding hydrogens is 340 g/mol. The molecule has 4 rings (SSSR count). The summed E-state index contributed by atoms with van der Waals surface area (Å²) < 4.78 is 11.0. The maximum Gasteiger partial charge on any atom is 0.260 e. The maximum atomic E-state index is 13.4. The Bertz CT molecular complexity index is 986. The molecule has 5 heteroatoms. The lowest BCUT2D eigenvalue weighted by atomic mass is 10.1. The van der Waals surface area contributed by atoms with Gasteiger partial charge in [0, 0.05) is 12.1 Å². The van der Waals surface area contributed by atoms with E-state index in [-0.39, 0.29) is 5.91 Å². The van der Waals surface area contributed by atoms with Crippen molar-refractivity contribution in [2.24, 2.45) is 0 Å². The molecule has 0 bridgehead atoms. The molecular formula is C22H20N2O3. The van der Waals surface area contributed by atoms with Crippen LogP contribution < -0.4 is 19.7 Å². The van der Waals surface area contributed by atoms with Crippen molar-refractivity contribution in [3.8, 4) is 11.5 Å². The quantitative estimate of drug-likeness (QED) is 0.738. The summed E-state index contributed by atoms with van der Waals surface area (Å²) in [6.45, 7) is 0.436. The number of nitrogens with zero attached hydrogens (tertiary/aromatic N) is 1. The minimum atomic E-state index is -0.0795. The van der Waals surface area contributed by atoms with E-state index in [2.05, 4.69) is 5.32 Å². The minimum absolute atomic E-state index is 0.0795. The van der Waals surface area contributed by atoms with Crippen LogP contribution in [0.1, 0.15) is 15.9 Å². The third-order valence-corrected chi connectivity index (χ3v) is 4.63. The molecule has 3 aromatic carbocycles. The largest absolute Gasteiger partial charge is 0.497 e. The first-order valence-corrected chi connectivity index (χ1v) is 8.69. The van der Waals surface area contributed by atoms with Gasteiger partial charge in [-0.1, -0.05) is 42.5 Å². The second kappa shape index (κ2) is 7.03. The molecule has 0 atom stereocenters. The lowest BCUT2D eigenvalue weighted by Gasteiger charge is -2.25. The van der Waals surface area contributed by atoms with Crippen LogP contribution in [-0.2, 0) is 6.54 Å².